The van der Waals surface area contributed by atoms with Crippen LogP contribution in [0.2, 0.25) is 0 Å². The quantitative estimate of drug-likeness (QED) is 0.928. The number of anilines is 1. The zero-order chi connectivity index (χ0) is 17.1. The maximum atomic E-state index is 13.2. The smallest absolute Gasteiger partial charge is 0.253 e. The summed E-state index contributed by atoms with van der Waals surface area (Å²) in [7, 11) is 0. The molecule has 1 fully saturated rings. The number of amides is 2. The second-order valence-electron chi connectivity index (χ2n) is 5.86. The number of nitrogens with zero attached hydrogens (tertiary/aromatic N) is 2. The van der Waals surface area contributed by atoms with E-state index in [0.29, 0.717) is 36.6 Å². The minimum absolute atomic E-state index is 0.0535. The average Bonchev–Trinajstić information content (AvgIpc) is 2.99. The summed E-state index contributed by atoms with van der Waals surface area (Å²) in [5, 5.41) is 5.32. The number of rotatable bonds is 3. The molecule has 1 aromatic carbocycles. The van der Waals surface area contributed by atoms with Crippen LogP contribution in [0.4, 0.5) is 9.52 Å². The second kappa shape index (κ2) is 7.09. The van der Waals surface area contributed by atoms with Gasteiger partial charge in [-0.25, -0.2) is 9.37 Å². The largest absolute Gasteiger partial charge is 0.339 e. The summed E-state index contributed by atoms with van der Waals surface area (Å²) in [4.78, 5) is 30.5. The molecule has 7 heteroatoms. The van der Waals surface area contributed by atoms with Crippen molar-refractivity contribution in [3.05, 3.63) is 46.7 Å². The van der Waals surface area contributed by atoms with E-state index in [9.17, 15) is 14.0 Å². The number of hydrogen-bond acceptors (Lipinski definition) is 4. The Morgan fingerprint density at radius 1 is 1.33 bits per heavy atom. The number of likely N-dealkylation sites (tertiary alicyclic amines) is 1. The zero-order valence-electron chi connectivity index (χ0n) is 13.3. The van der Waals surface area contributed by atoms with Gasteiger partial charge in [0.25, 0.3) is 5.91 Å². The van der Waals surface area contributed by atoms with Crippen molar-refractivity contribution in [3.8, 4) is 0 Å². The van der Waals surface area contributed by atoms with Gasteiger partial charge in [0, 0.05) is 30.0 Å². The molecule has 0 radical (unpaired) electrons. The minimum atomic E-state index is -0.422. The Balaban J connectivity index is 1.55. The normalized spacial score (nSPS) is 15.3. The predicted molar refractivity (Wildman–Crippen MR) is 90.5 cm³/mol. The Kier molecular flexibility index (Phi) is 4.89. The molecule has 1 N–H and O–H groups in total. The van der Waals surface area contributed by atoms with E-state index in [2.05, 4.69) is 10.3 Å². The zero-order valence-corrected chi connectivity index (χ0v) is 14.1. The molecule has 1 saturated heterocycles. The van der Waals surface area contributed by atoms with Crippen LogP contribution in [-0.4, -0.2) is 34.8 Å². The molecule has 0 saturated carbocycles. The molecule has 2 heterocycles. The van der Waals surface area contributed by atoms with Crippen LogP contribution in [-0.2, 0) is 4.79 Å². The Morgan fingerprint density at radius 3 is 2.71 bits per heavy atom. The molecule has 1 aliphatic rings. The monoisotopic (exact) mass is 347 g/mol. The molecule has 126 valence electrons. The Bertz CT molecular complexity index is 754. The van der Waals surface area contributed by atoms with Gasteiger partial charge in [0.2, 0.25) is 5.91 Å². The lowest BCUT2D eigenvalue weighted by molar-refractivity contribution is -0.121. The van der Waals surface area contributed by atoms with E-state index >= 15 is 0 Å². The number of nitrogens with one attached hydrogen (secondary N) is 1. The van der Waals surface area contributed by atoms with Gasteiger partial charge in [0.15, 0.2) is 5.13 Å². The van der Waals surface area contributed by atoms with Crippen molar-refractivity contribution in [2.24, 2.45) is 5.92 Å². The molecule has 24 heavy (non-hydrogen) atoms. The molecular weight excluding hydrogens is 329 g/mol. The van der Waals surface area contributed by atoms with Crippen molar-refractivity contribution >= 4 is 28.3 Å². The molecule has 2 amide bonds. The number of halogens is 1. The molecule has 2 aromatic rings. The highest BCUT2D eigenvalue weighted by Crippen LogP contribution is 2.22. The Morgan fingerprint density at radius 2 is 2.08 bits per heavy atom. The number of carbonyl (C=O) groups is 2. The number of benzene rings is 1. The molecule has 0 atom stereocenters. The van der Waals surface area contributed by atoms with E-state index in [1.165, 1.54) is 29.5 Å². The number of aromatic nitrogens is 1. The highest BCUT2D eigenvalue weighted by molar-refractivity contribution is 7.13. The minimum Gasteiger partial charge on any atom is -0.339 e. The topological polar surface area (TPSA) is 62.3 Å². The summed E-state index contributed by atoms with van der Waals surface area (Å²) in [5.41, 5.74) is 1.22. The van der Waals surface area contributed by atoms with Gasteiger partial charge in [0.05, 0.1) is 5.69 Å². The first kappa shape index (κ1) is 16.6. The van der Waals surface area contributed by atoms with Crippen molar-refractivity contribution in [1.29, 1.82) is 0 Å². The van der Waals surface area contributed by atoms with Crippen molar-refractivity contribution in [2.75, 3.05) is 18.4 Å². The van der Waals surface area contributed by atoms with Gasteiger partial charge in [-0.3, -0.25) is 9.59 Å². The predicted octanol–water partition coefficient (Wildman–Crippen LogP) is 3.08. The lowest BCUT2D eigenvalue weighted by Crippen LogP contribution is -2.41. The number of aryl methyl sites for hydroxylation is 1. The summed E-state index contributed by atoms with van der Waals surface area (Å²) in [6, 6.07) is 5.69. The Hall–Kier alpha value is -2.28. The lowest BCUT2D eigenvalue weighted by atomic mass is 9.95. The fourth-order valence-electron chi connectivity index (χ4n) is 2.77. The highest BCUT2D eigenvalue weighted by atomic mass is 32.1. The van der Waals surface area contributed by atoms with Crippen molar-refractivity contribution in [1.82, 2.24) is 9.88 Å². The van der Waals surface area contributed by atoms with Gasteiger partial charge >= 0.3 is 0 Å². The summed E-state index contributed by atoms with van der Waals surface area (Å²) in [6.07, 6.45) is 1.19. The third kappa shape index (κ3) is 3.79. The number of thiazole rings is 1. The summed E-state index contributed by atoms with van der Waals surface area (Å²) in [6.45, 7) is 2.86. The first-order valence-electron chi connectivity index (χ1n) is 7.81. The summed E-state index contributed by atoms with van der Waals surface area (Å²) < 4.78 is 13.2. The summed E-state index contributed by atoms with van der Waals surface area (Å²) >= 11 is 1.40. The number of carbonyl (C=O) groups excluding carboxylic acids is 2. The van der Waals surface area contributed by atoms with E-state index in [4.69, 9.17) is 0 Å². The maximum Gasteiger partial charge on any atom is 0.253 e. The molecule has 0 unspecified atom stereocenters. The Labute approximate surface area is 143 Å². The third-order valence-electron chi connectivity index (χ3n) is 4.07. The van der Waals surface area contributed by atoms with E-state index in [-0.39, 0.29) is 17.7 Å². The fraction of sp³-hybridized carbons (Fsp3) is 0.353. The summed E-state index contributed by atoms with van der Waals surface area (Å²) in [5.74, 6) is -0.800. The SMILES string of the molecule is Cc1csc(NC(=O)C2CCN(C(=O)c3cccc(F)c3)CC2)n1. The van der Waals surface area contributed by atoms with Crippen LogP contribution in [0.1, 0.15) is 28.9 Å². The fourth-order valence-corrected chi connectivity index (χ4v) is 3.46. The van der Waals surface area contributed by atoms with Crippen LogP contribution >= 0.6 is 11.3 Å². The van der Waals surface area contributed by atoms with Crippen molar-refractivity contribution in [3.63, 3.8) is 0 Å². The van der Waals surface area contributed by atoms with Crippen molar-refractivity contribution < 1.29 is 14.0 Å². The molecular formula is C17H18FN3O2S. The van der Waals surface area contributed by atoms with Crippen LogP contribution in [0, 0.1) is 18.7 Å². The molecule has 1 aromatic heterocycles. The van der Waals surface area contributed by atoms with Crippen LogP contribution in [0.25, 0.3) is 0 Å². The van der Waals surface area contributed by atoms with Gasteiger partial charge in [0.1, 0.15) is 5.82 Å². The van der Waals surface area contributed by atoms with E-state index in [0.717, 1.165) is 5.69 Å². The number of hydrogen-bond donors (Lipinski definition) is 1. The van der Waals surface area contributed by atoms with Gasteiger partial charge in [-0.05, 0) is 38.0 Å². The van der Waals surface area contributed by atoms with E-state index < -0.39 is 5.82 Å². The first-order valence-corrected chi connectivity index (χ1v) is 8.69. The lowest BCUT2D eigenvalue weighted by Gasteiger charge is -2.31. The average molecular weight is 347 g/mol. The highest BCUT2D eigenvalue weighted by Gasteiger charge is 2.28. The molecule has 0 spiro atoms. The maximum absolute atomic E-state index is 13.2. The van der Waals surface area contributed by atoms with Crippen LogP contribution < -0.4 is 5.32 Å². The van der Waals surface area contributed by atoms with Gasteiger partial charge < -0.3 is 10.2 Å². The van der Waals surface area contributed by atoms with Crippen LogP contribution in [0.15, 0.2) is 29.6 Å². The first-order chi connectivity index (χ1) is 11.5. The van der Waals surface area contributed by atoms with Gasteiger partial charge in [-0.1, -0.05) is 6.07 Å². The van der Waals surface area contributed by atoms with Gasteiger partial charge in [-0.2, -0.15) is 0 Å². The molecule has 3 rings (SSSR count). The molecule has 1 aliphatic heterocycles. The third-order valence-corrected chi connectivity index (χ3v) is 4.95. The van der Waals surface area contributed by atoms with Crippen LogP contribution in [0.3, 0.4) is 0 Å². The van der Waals surface area contributed by atoms with Crippen molar-refractivity contribution in [2.45, 2.75) is 19.8 Å². The molecule has 5 nitrogen and oxygen atoms in total. The van der Waals surface area contributed by atoms with Gasteiger partial charge in [-0.15, -0.1) is 11.3 Å². The van der Waals surface area contributed by atoms with E-state index in [1.54, 1.807) is 11.0 Å². The standard InChI is InChI=1S/C17H18FN3O2S/c1-11-10-24-17(19-11)20-15(22)12-5-7-21(8-6-12)16(23)13-3-2-4-14(18)9-13/h2-4,9-10,12H,5-8H2,1H3,(H,19,20,22). The van der Waals surface area contributed by atoms with Crippen LogP contribution in [0.5, 0.6) is 0 Å². The molecule has 0 bridgehead atoms. The van der Waals surface area contributed by atoms with E-state index in [1.807, 2.05) is 12.3 Å². The molecule has 0 aliphatic carbocycles. The second-order valence-corrected chi connectivity index (χ2v) is 6.72. The number of piperidine rings is 1.